The number of aromatic nitrogens is 2. The van der Waals surface area contributed by atoms with Gasteiger partial charge in [0, 0.05) is 34.9 Å². The Morgan fingerprint density at radius 1 is 0.842 bits per heavy atom. The molecule has 0 radical (unpaired) electrons. The Hall–Kier alpha value is -3.91. The van der Waals surface area contributed by atoms with E-state index in [2.05, 4.69) is 111 Å². The minimum atomic E-state index is 0.524. The second-order valence-corrected chi connectivity index (χ2v) is 11.2. The highest BCUT2D eigenvalue weighted by Gasteiger charge is 2.23. The molecule has 2 aliphatic rings. The van der Waals surface area contributed by atoms with Gasteiger partial charge in [-0.3, -0.25) is 4.98 Å². The van der Waals surface area contributed by atoms with E-state index in [4.69, 9.17) is 4.98 Å². The Morgan fingerprint density at radius 3 is 2.55 bits per heavy atom. The number of nitrogens with zero attached hydrogens (tertiary/aromatic N) is 2. The van der Waals surface area contributed by atoms with E-state index in [0.29, 0.717) is 5.92 Å². The van der Waals surface area contributed by atoms with E-state index < -0.39 is 0 Å². The molecule has 3 aromatic carbocycles. The normalized spacial score (nSPS) is 16.1. The highest BCUT2D eigenvalue weighted by atomic mass is 15.0. The summed E-state index contributed by atoms with van der Waals surface area (Å²) < 4.78 is 2.50. The third-order valence-corrected chi connectivity index (χ3v) is 8.84. The Balaban J connectivity index is 1.34. The molecule has 188 valence electrons. The van der Waals surface area contributed by atoms with Crippen LogP contribution in [0, 0.1) is 30.2 Å². The van der Waals surface area contributed by atoms with E-state index >= 15 is 0 Å². The van der Waals surface area contributed by atoms with E-state index in [0.717, 1.165) is 31.4 Å². The van der Waals surface area contributed by atoms with Crippen LogP contribution < -0.4 is 10.4 Å². The summed E-state index contributed by atoms with van der Waals surface area (Å²) in [5, 5.41) is 8.26. The van der Waals surface area contributed by atoms with Crippen molar-refractivity contribution in [2.24, 2.45) is 5.92 Å². The van der Waals surface area contributed by atoms with Crippen LogP contribution in [0.5, 0.6) is 0 Å². The molecule has 2 aromatic heterocycles. The van der Waals surface area contributed by atoms with E-state index in [1.54, 1.807) is 5.56 Å². The zero-order chi connectivity index (χ0) is 25.8. The van der Waals surface area contributed by atoms with Gasteiger partial charge in [-0.15, -0.1) is 0 Å². The average Bonchev–Trinajstić information content (AvgIpc) is 3.40. The van der Waals surface area contributed by atoms with Gasteiger partial charge in [0.15, 0.2) is 0 Å². The standard InChI is InChI=1S/C36H34N2/c1-23-10-15-31-26(21-23)13-17-33-32(31)18-19-35-34(33)16-11-24(2)36(35)38-20-6-7-28(38)14-12-27-22-37-25(3)29-8-4-5-9-30(27)29/h4-10,13,15,18-22,24H,11-12,14,16-17H2,1-3H3. The molecule has 0 amide bonds. The van der Waals surface area contributed by atoms with Gasteiger partial charge in [-0.2, -0.15) is 0 Å². The van der Waals surface area contributed by atoms with Crippen molar-refractivity contribution in [1.29, 1.82) is 0 Å². The SMILES string of the molecule is Cc1ccc2c(c1)=CCc1c3c(ccc1=2)=C(n1cccc1CCc1cnc(C)c2ccccc12)C(C)CC3. The molecule has 0 bridgehead atoms. The molecule has 7 rings (SSSR count). The molecule has 38 heavy (non-hydrogen) atoms. The third kappa shape index (κ3) is 3.74. The van der Waals surface area contributed by atoms with Crippen molar-refractivity contribution in [3.63, 3.8) is 0 Å². The van der Waals surface area contributed by atoms with Crippen molar-refractivity contribution in [2.75, 3.05) is 0 Å². The Kier molecular flexibility index (Phi) is 5.58. The van der Waals surface area contributed by atoms with Crippen molar-refractivity contribution in [3.8, 4) is 0 Å². The number of benzene rings is 3. The maximum atomic E-state index is 4.71. The van der Waals surface area contributed by atoms with Crippen molar-refractivity contribution >= 4 is 22.5 Å². The lowest BCUT2D eigenvalue weighted by Crippen LogP contribution is -2.29. The van der Waals surface area contributed by atoms with Crippen LogP contribution in [0.1, 0.15) is 47.0 Å². The molecule has 5 aromatic rings. The van der Waals surface area contributed by atoms with E-state index in [-0.39, 0.29) is 0 Å². The molecule has 0 fully saturated rings. The summed E-state index contributed by atoms with van der Waals surface area (Å²) in [4.78, 5) is 4.71. The first-order valence-corrected chi connectivity index (χ1v) is 14.0. The summed E-state index contributed by atoms with van der Waals surface area (Å²) in [6.45, 7) is 6.70. The van der Waals surface area contributed by atoms with Gasteiger partial charge in [-0.1, -0.05) is 73.2 Å². The molecule has 0 spiro atoms. The topological polar surface area (TPSA) is 17.8 Å². The largest absolute Gasteiger partial charge is 0.324 e. The summed E-state index contributed by atoms with van der Waals surface area (Å²) >= 11 is 0. The Labute approximate surface area is 224 Å². The van der Waals surface area contributed by atoms with Crippen LogP contribution in [0.2, 0.25) is 0 Å². The van der Waals surface area contributed by atoms with Gasteiger partial charge in [-0.25, -0.2) is 0 Å². The van der Waals surface area contributed by atoms with Crippen LogP contribution >= 0.6 is 0 Å². The van der Waals surface area contributed by atoms with Gasteiger partial charge in [0.2, 0.25) is 0 Å². The van der Waals surface area contributed by atoms with Crippen LogP contribution in [-0.4, -0.2) is 9.55 Å². The molecule has 2 heteroatoms. The Bertz CT molecular complexity index is 1940. The van der Waals surface area contributed by atoms with E-state index in [9.17, 15) is 0 Å². The van der Waals surface area contributed by atoms with Gasteiger partial charge < -0.3 is 4.57 Å². The smallest absolute Gasteiger partial charge is 0.0451 e. The first-order chi connectivity index (χ1) is 18.6. The van der Waals surface area contributed by atoms with Crippen molar-refractivity contribution < 1.29 is 0 Å². The van der Waals surface area contributed by atoms with Crippen molar-refractivity contribution in [1.82, 2.24) is 9.55 Å². The number of hydrogen-bond donors (Lipinski definition) is 0. The molecule has 1 unspecified atom stereocenters. The van der Waals surface area contributed by atoms with Gasteiger partial charge in [-0.05, 0) is 107 Å². The first kappa shape index (κ1) is 23.2. The minimum Gasteiger partial charge on any atom is -0.324 e. The molecular weight excluding hydrogens is 460 g/mol. The quantitative estimate of drug-likeness (QED) is 0.287. The fourth-order valence-corrected chi connectivity index (χ4v) is 6.85. The monoisotopic (exact) mass is 494 g/mol. The molecule has 1 atom stereocenters. The average molecular weight is 495 g/mol. The molecule has 0 saturated heterocycles. The fourth-order valence-electron chi connectivity index (χ4n) is 6.85. The predicted molar refractivity (Wildman–Crippen MR) is 157 cm³/mol. The molecule has 2 heterocycles. The van der Waals surface area contributed by atoms with Gasteiger partial charge in [0.25, 0.3) is 0 Å². The summed E-state index contributed by atoms with van der Waals surface area (Å²) in [7, 11) is 0. The number of aryl methyl sites for hydroxylation is 4. The highest BCUT2D eigenvalue weighted by molar-refractivity contribution is 5.87. The van der Waals surface area contributed by atoms with Gasteiger partial charge in [0.05, 0.1) is 0 Å². The maximum absolute atomic E-state index is 4.71. The molecule has 0 N–H and O–H groups in total. The van der Waals surface area contributed by atoms with Crippen molar-refractivity contribution in [3.05, 3.63) is 134 Å². The molecule has 0 aliphatic heterocycles. The van der Waals surface area contributed by atoms with Crippen LogP contribution in [0.25, 0.3) is 22.5 Å². The zero-order valence-electron chi connectivity index (χ0n) is 22.6. The number of hydrogen-bond acceptors (Lipinski definition) is 1. The zero-order valence-corrected chi connectivity index (χ0v) is 22.6. The summed E-state index contributed by atoms with van der Waals surface area (Å²) in [5.41, 5.74) is 9.72. The lowest BCUT2D eigenvalue weighted by Gasteiger charge is -2.27. The second kappa shape index (κ2) is 9.13. The first-order valence-electron chi connectivity index (χ1n) is 14.0. The summed E-state index contributed by atoms with van der Waals surface area (Å²) in [6, 6.07) is 24.9. The molecule has 2 nitrogen and oxygen atoms in total. The van der Waals surface area contributed by atoms with Crippen molar-refractivity contribution in [2.45, 2.75) is 52.9 Å². The third-order valence-electron chi connectivity index (χ3n) is 8.84. The lowest BCUT2D eigenvalue weighted by molar-refractivity contribution is 0.606. The van der Waals surface area contributed by atoms with Crippen LogP contribution in [0.3, 0.4) is 0 Å². The minimum absolute atomic E-state index is 0.524. The summed E-state index contributed by atoms with van der Waals surface area (Å²) in [5.74, 6) is 0.524. The Morgan fingerprint density at radius 2 is 1.66 bits per heavy atom. The van der Waals surface area contributed by atoms with Gasteiger partial charge >= 0.3 is 0 Å². The number of fused-ring (bicyclic) bond motifs is 5. The fraction of sp³-hybridized carbons (Fsp3) is 0.250. The van der Waals surface area contributed by atoms with E-state index in [1.807, 2.05) is 0 Å². The highest BCUT2D eigenvalue weighted by Crippen LogP contribution is 2.29. The van der Waals surface area contributed by atoms with Gasteiger partial charge in [0.1, 0.15) is 0 Å². The molecule has 0 saturated carbocycles. The summed E-state index contributed by atoms with van der Waals surface area (Å²) in [6.07, 6.45) is 12.2. The predicted octanol–water partition coefficient (Wildman–Crippen LogP) is 6.30. The maximum Gasteiger partial charge on any atom is 0.0451 e. The van der Waals surface area contributed by atoms with Crippen LogP contribution in [0.15, 0.2) is 79.1 Å². The van der Waals surface area contributed by atoms with E-state index in [1.165, 1.54) is 66.1 Å². The van der Waals surface area contributed by atoms with Crippen LogP contribution in [-0.2, 0) is 25.7 Å². The number of pyridine rings is 1. The molecular formula is C36H34N2. The lowest BCUT2D eigenvalue weighted by atomic mass is 9.83. The van der Waals surface area contributed by atoms with Crippen LogP contribution in [0.4, 0.5) is 0 Å². The number of rotatable bonds is 4. The molecule has 2 aliphatic carbocycles. The second-order valence-electron chi connectivity index (χ2n) is 11.2.